The van der Waals surface area contributed by atoms with Gasteiger partial charge < -0.3 is 5.32 Å². The number of nitrogens with one attached hydrogen (secondary N) is 1. The summed E-state index contributed by atoms with van der Waals surface area (Å²) in [6.45, 7) is 2.01. The summed E-state index contributed by atoms with van der Waals surface area (Å²) in [6, 6.07) is 5.49. The predicted molar refractivity (Wildman–Crippen MR) is 87.2 cm³/mol. The molecule has 7 heteroatoms. The molecule has 1 atom stereocenters. The number of hydrogen-bond acceptors (Lipinski definition) is 5. The van der Waals surface area contributed by atoms with Crippen LogP contribution in [-0.4, -0.2) is 20.9 Å². The minimum atomic E-state index is -0.257. The van der Waals surface area contributed by atoms with E-state index in [1.54, 1.807) is 12.4 Å². The number of halogens is 1. The van der Waals surface area contributed by atoms with Crippen molar-refractivity contribution in [1.29, 1.82) is 0 Å². The van der Waals surface area contributed by atoms with E-state index in [0.29, 0.717) is 11.2 Å². The van der Waals surface area contributed by atoms with Gasteiger partial charge in [-0.25, -0.2) is 9.97 Å². The molecule has 22 heavy (non-hydrogen) atoms. The molecule has 3 aromatic heterocycles. The van der Waals surface area contributed by atoms with Crippen LogP contribution in [0.3, 0.4) is 0 Å². The molecule has 5 nitrogen and oxygen atoms in total. The van der Waals surface area contributed by atoms with E-state index in [0.717, 1.165) is 16.7 Å². The highest BCUT2D eigenvalue weighted by Crippen LogP contribution is 2.24. The van der Waals surface area contributed by atoms with Crippen molar-refractivity contribution in [3.8, 4) is 0 Å². The van der Waals surface area contributed by atoms with Gasteiger partial charge in [-0.2, -0.15) is 0 Å². The zero-order chi connectivity index (χ0) is 15.5. The van der Waals surface area contributed by atoms with Crippen LogP contribution in [0.5, 0.6) is 0 Å². The lowest BCUT2D eigenvalue weighted by atomic mass is 10.1. The van der Waals surface area contributed by atoms with E-state index in [4.69, 9.17) is 11.6 Å². The first kappa shape index (κ1) is 14.9. The topological polar surface area (TPSA) is 67.8 Å². The lowest BCUT2D eigenvalue weighted by molar-refractivity contribution is 0.0932. The van der Waals surface area contributed by atoms with Crippen molar-refractivity contribution in [1.82, 2.24) is 20.3 Å². The Bertz CT molecular complexity index is 806. The number of hydrogen-bond donors (Lipinski definition) is 1. The molecule has 0 radical (unpaired) electrons. The zero-order valence-corrected chi connectivity index (χ0v) is 13.4. The number of aromatic nitrogens is 3. The molecular formula is C15H13ClN4OS. The van der Waals surface area contributed by atoms with Crippen LogP contribution in [0.2, 0.25) is 5.28 Å². The van der Waals surface area contributed by atoms with E-state index in [9.17, 15) is 4.79 Å². The van der Waals surface area contributed by atoms with Crippen molar-refractivity contribution in [2.24, 2.45) is 0 Å². The first-order valence-corrected chi connectivity index (χ1v) is 8.06. The highest BCUT2D eigenvalue weighted by molar-refractivity contribution is 7.17. The molecule has 112 valence electrons. The monoisotopic (exact) mass is 332 g/mol. The predicted octanol–water partition coefficient (Wildman–Crippen LogP) is 3.62. The smallest absolute Gasteiger partial charge is 0.272 e. The van der Waals surface area contributed by atoms with Gasteiger partial charge in [0.15, 0.2) is 5.69 Å². The third-order valence-electron chi connectivity index (χ3n) is 3.29. The third-order valence-corrected chi connectivity index (χ3v) is 4.37. The molecule has 1 unspecified atom stereocenters. The minimum Gasteiger partial charge on any atom is -0.344 e. The standard InChI is InChI=1S/C15H13ClN4OS/c1-2-10(9-4-3-6-17-8-9)18-14(21)12-13-11(5-7-22-13)19-15(16)20-12/h3-8,10H,2H2,1H3,(H,18,21). The average molecular weight is 333 g/mol. The Kier molecular flexibility index (Phi) is 4.31. The summed E-state index contributed by atoms with van der Waals surface area (Å²) in [5.74, 6) is -0.257. The molecule has 0 aliphatic rings. The van der Waals surface area contributed by atoms with Crippen molar-refractivity contribution in [3.05, 3.63) is 52.5 Å². The maximum absolute atomic E-state index is 12.6. The lowest BCUT2D eigenvalue weighted by Gasteiger charge is -2.16. The maximum atomic E-state index is 12.6. The average Bonchev–Trinajstić information content (AvgIpc) is 3.00. The van der Waals surface area contributed by atoms with Crippen LogP contribution in [0.4, 0.5) is 0 Å². The van der Waals surface area contributed by atoms with E-state index in [1.807, 2.05) is 30.5 Å². The highest BCUT2D eigenvalue weighted by Gasteiger charge is 2.19. The van der Waals surface area contributed by atoms with Crippen molar-refractivity contribution < 1.29 is 4.79 Å². The van der Waals surface area contributed by atoms with Gasteiger partial charge in [0.1, 0.15) is 0 Å². The first-order chi connectivity index (χ1) is 10.7. The van der Waals surface area contributed by atoms with E-state index in [2.05, 4.69) is 20.3 Å². The summed E-state index contributed by atoms with van der Waals surface area (Å²) in [7, 11) is 0. The molecule has 1 amide bonds. The highest BCUT2D eigenvalue weighted by atomic mass is 35.5. The number of pyridine rings is 1. The van der Waals surface area contributed by atoms with E-state index in [-0.39, 0.29) is 17.2 Å². The first-order valence-electron chi connectivity index (χ1n) is 6.80. The Morgan fingerprint density at radius 2 is 2.27 bits per heavy atom. The molecule has 3 rings (SSSR count). The van der Waals surface area contributed by atoms with Crippen LogP contribution in [-0.2, 0) is 0 Å². The van der Waals surface area contributed by atoms with Crippen LogP contribution in [0.25, 0.3) is 10.2 Å². The van der Waals surface area contributed by atoms with Crippen LogP contribution in [0.1, 0.15) is 35.4 Å². The maximum Gasteiger partial charge on any atom is 0.272 e. The van der Waals surface area contributed by atoms with Gasteiger partial charge in [-0.3, -0.25) is 9.78 Å². The third kappa shape index (κ3) is 2.93. The molecule has 0 aliphatic heterocycles. The fraction of sp³-hybridized carbons (Fsp3) is 0.200. The molecule has 0 aromatic carbocycles. The van der Waals surface area contributed by atoms with Crippen LogP contribution in [0, 0.1) is 0 Å². The van der Waals surface area contributed by atoms with Gasteiger partial charge in [0.25, 0.3) is 5.91 Å². The number of carbonyl (C=O) groups is 1. The number of carbonyl (C=O) groups excluding carboxylic acids is 1. The van der Waals surface area contributed by atoms with Crippen LogP contribution in [0.15, 0.2) is 36.0 Å². The summed E-state index contributed by atoms with van der Waals surface area (Å²) >= 11 is 7.33. The molecule has 3 heterocycles. The number of thiophene rings is 1. The van der Waals surface area contributed by atoms with Crippen LogP contribution >= 0.6 is 22.9 Å². The van der Waals surface area contributed by atoms with Gasteiger partial charge in [-0.15, -0.1) is 11.3 Å². The van der Waals surface area contributed by atoms with Crippen molar-refractivity contribution in [3.63, 3.8) is 0 Å². The molecule has 0 spiro atoms. The molecule has 1 N–H and O–H groups in total. The second-order valence-electron chi connectivity index (χ2n) is 4.70. The van der Waals surface area contributed by atoms with E-state index < -0.39 is 0 Å². The minimum absolute atomic E-state index is 0.0745. The number of amides is 1. The Morgan fingerprint density at radius 3 is 3.00 bits per heavy atom. The van der Waals surface area contributed by atoms with Gasteiger partial charge >= 0.3 is 0 Å². The second kappa shape index (κ2) is 6.37. The Balaban J connectivity index is 1.91. The van der Waals surface area contributed by atoms with Crippen LogP contribution < -0.4 is 5.32 Å². The molecule has 0 bridgehead atoms. The summed E-state index contributed by atoms with van der Waals surface area (Å²) in [5, 5.41) is 4.93. The summed E-state index contributed by atoms with van der Waals surface area (Å²) < 4.78 is 0.739. The summed E-state index contributed by atoms with van der Waals surface area (Å²) in [6.07, 6.45) is 4.21. The number of nitrogens with zero attached hydrogens (tertiary/aromatic N) is 3. The van der Waals surface area contributed by atoms with Gasteiger partial charge in [0.2, 0.25) is 5.28 Å². The Morgan fingerprint density at radius 1 is 1.41 bits per heavy atom. The zero-order valence-electron chi connectivity index (χ0n) is 11.8. The molecule has 3 aromatic rings. The fourth-order valence-corrected chi connectivity index (χ4v) is 3.21. The lowest BCUT2D eigenvalue weighted by Crippen LogP contribution is -2.29. The molecule has 0 saturated carbocycles. The SMILES string of the molecule is CCC(NC(=O)c1nc(Cl)nc2ccsc12)c1cccnc1. The number of fused-ring (bicyclic) bond motifs is 1. The number of rotatable bonds is 4. The molecule has 0 saturated heterocycles. The summed E-state index contributed by atoms with van der Waals surface area (Å²) in [5.41, 5.74) is 1.96. The largest absolute Gasteiger partial charge is 0.344 e. The van der Waals surface area contributed by atoms with Crippen molar-refractivity contribution >= 4 is 39.1 Å². The molecule has 0 fully saturated rings. The fourth-order valence-electron chi connectivity index (χ4n) is 2.22. The Labute approximate surface area is 136 Å². The second-order valence-corrected chi connectivity index (χ2v) is 5.95. The van der Waals surface area contributed by atoms with Crippen molar-refractivity contribution in [2.45, 2.75) is 19.4 Å². The summed E-state index contributed by atoms with van der Waals surface area (Å²) in [4.78, 5) is 24.9. The normalized spacial score (nSPS) is 12.3. The van der Waals surface area contributed by atoms with E-state index in [1.165, 1.54) is 11.3 Å². The van der Waals surface area contributed by atoms with Crippen molar-refractivity contribution in [2.75, 3.05) is 0 Å². The van der Waals surface area contributed by atoms with Gasteiger partial charge in [-0.1, -0.05) is 13.0 Å². The van der Waals surface area contributed by atoms with Gasteiger partial charge in [-0.05, 0) is 41.1 Å². The molecular weight excluding hydrogens is 320 g/mol. The van der Waals surface area contributed by atoms with E-state index >= 15 is 0 Å². The van der Waals surface area contributed by atoms with Gasteiger partial charge in [0, 0.05) is 12.4 Å². The van der Waals surface area contributed by atoms with Gasteiger partial charge in [0.05, 0.1) is 16.3 Å². The Hall–Kier alpha value is -2.05. The quantitative estimate of drug-likeness (QED) is 0.741. The molecule has 0 aliphatic carbocycles.